The van der Waals surface area contributed by atoms with E-state index >= 15 is 0 Å². The molecular weight excluding hydrogens is 450 g/mol. The number of aliphatic hydroxyl groups excluding tert-OH is 1. The van der Waals surface area contributed by atoms with Gasteiger partial charge in [-0.25, -0.2) is 13.8 Å². The normalized spacial score (nSPS) is 19.5. The van der Waals surface area contributed by atoms with Crippen LogP contribution >= 0.6 is 0 Å². The highest BCUT2D eigenvalue weighted by molar-refractivity contribution is 5.85. The maximum Gasteiger partial charge on any atom is 0.243 e. The summed E-state index contributed by atoms with van der Waals surface area (Å²) in [5.41, 5.74) is 0.878. The van der Waals surface area contributed by atoms with Gasteiger partial charge < -0.3 is 15.0 Å². The molecule has 2 atom stereocenters. The Morgan fingerprint density at radius 2 is 1.69 bits per heavy atom. The summed E-state index contributed by atoms with van der Waals surface area (Å²) in [7, 11) is 0. The Hall–Kier alpha value is -2.87. The predicted octanol–water partition coefficient (Wildman–Crippen LogP) is 5.36. The molecule has 2 unspecified atom stereocenters. The van der Waals surface area contributed by atoms with Crippen molar-refractivity contribution in [3.8, 4) is 0 Å². The maximum absolute atomic E-state index is 14.4. The van der Waals surface area contributed by atoms with Crippen molar-refractivity contribution in [2.45, 2.75) is 82.4 Å². The zero-order chi connectivity index (χ0) is 24.4. The van der Waals surface area contributed by atoms with Crippen LogP contribution in [0.25, 0.3) is 11.0 Å². The molecule has 2 saturated carbocycles. The van der Waals surface area contributed by atoms with E-state index in [0.29, 0.717) is 11.2 Å². The van der Waals surface area contributed by atoms with Crippen molar-refractivity contribution >= 4 is 16.9 Å². The van der Waals surface area contributed by atoms with Crippen LogP contribution in [0, 0.1) is 17.6 Å². The number of amides is 1. The smallest absolute Gasteiger partial charge is 0.243 e. The van der Waals surface area contributed by atoms with Gasteiger partial charge in [0.05, 0.1) is 16.7 Å². The van der Waals surface area contributed by atoms with E-state index in [2.05, 4.69) is 15.3 Å². The lowest BCUT2D eigenvalue weighted by Gasteiger charge is -2.34. The fraction of sp³-hybridized carbons (Fsp3) is 0.519. The number of hydrogen-bond acceptors (Lipinski definition) is 4. The molecule has 0 bridgehead atoms. The number of rotatable bonds is 6. The molecule has 0 spiro atoms. The first-order chi connectivity index (χ1) is 17.0. The number of pyridine rings is 1. The quantitative estimate of drug-likeness (QED) is 0.496. The number of hydrogen-bond donors (Lipinski definition) is 2. The Balaban J connectivity index is 1.64. The number of aliphatic hydroxyl groups is 1. The molecule has 35 heavy (non-hydrogen) atoms. The van der Waals surface area contributed by atoms with Crippen LogP contribution in [0.4, 0.5) is 8.78 Å². The molecule has 1 aromatic carbocycles. The van der Waals surface area contributed by atoms with E-state index in [9.17, 15) is 18.7 Å². The summed E-state index contributed by atoms with van der Waals surface area (Å²) < 4.78 is 30.3. The van der Waals surface area contributed by atoms with Gasteiger partial charge in [-0.2, -0.15) is 0 Å². The van der Waals surface area contributed by atoms with Crippen LogP contribution in [-0.2, 0) is 4.79 Å². The minimum atomic E-state index is -1.25. The number of imidazole rings is 1. The largest absolute Gasteiger partial charge is 0.379 e. The number of carbonyl (C=O) groups is 1. The Bertz CT molecular complexity index is 1170. The third-order valence-corrected chi connectivity index (χ3v) is 7.57. The van der Waals surface area contributed by atoms with Crippen molar-refractivity contribution < 1.29 is 18.7 Å². The first-order valence-corrected chi connectivity index (χ1v) is 12.8. The highest BCUT2D eigenvalue weighted by Crippen LogP contribution is 2.38. The van der Waals surface area contributed by atoms with Crippen molar-refractivity contribution in [1.29, 1.82) is 0 Å². The van der Waals surface area contributed by atoms with E-state index in [1.54, 1.807) is 29.0 Å². The van der Waals surface area contributed by atoms with Gasteiger partial charge in [-0.1, -0.05) is 44.6 Å². The minimum Gasteiger partial charge on any atom is -0.379 e. The number of benzene rings is 1. The molecule has 6 nitrogen and oxygen atoms in total. The number of aromatic nitrogens is 3. The maximum atomic E-state index is 14.4. The van der Waals surface area contributed by atoms with E-state index in [0.717, 1.165) is 69.9 Å². The Labute approximate surface area is 203 Å². The first-order valence-electron chi connectivity index (χ1n) is 12.8. The van der Waals surface area contributed by atoms with Crippen LogP contribution in [0.15, 0.2) is 36.5 Å². The summed E-state index contributed by atoms with van der Waals surface area (Å²) in [4.78, 5) is 22.7. The van der Waals surface area contributed by atoms with Gasteiger partial charge in [0.25, 0.3) is 0 Å². The number of halogens is 2. The summed E-state index contributed by atoms with van der Waals surface area (Å²) in [5, 5.41) is 14.5. The fourth-order valence-corrected chi connectivity index (χ4v) is 5.79. The fourth-order valence-electron chi connectivity index (χ4n) is 5.79. The van der Waals surface area contributed by atoms with Gasteiger partial charge in [0.1, 0.15) is 11.9 Å². The van der Waals surface area contributed by atoms with E-state index in [1.807, 2.05) is 0 Å². The standard InChI is InChI=1S/C27H32F2N4O2/c28-19-15-22-23(16-20(19)29)33(26(32-22)25(34)21-13-7-8-14-30-21)24(17-9-3-1-4-10-17)27(35)31-18-11-5-2-6-12-18/h7-8,13-18,24-25,34H,1-6,9-12H2,(H,31,35). The van der Waals surface area contributed by atoms with Crippen LogP contribution in [0.3, 0.4) is 0 Å². The molecule has 0 aliphatic heterocycles. The number of nitrogens with one attached hydrogen (secondary N) is 1. The Morgan fingerprint density at radius 1 is 1.00 bits per heavy atom. The molecule has 0 radical (unpaired) electrons. The van der Waals surface area contributed by atoms with E-state index in [-0.39, 0.29) is 29.2 Å². The first kappa shape index (κ1) is 23.9. The van der Waals surface area contributed by atoms with Crippen LogP contribution in [0.2, 0.25) is 0 Å². The van der Waals surface area contributed by atoms with Crippen molar-refractivity contribution in [3.63, 3.8) is 0 Å². The zero-order valence-electron chi connectivity index (χ0n) is 19.8. The van der Waals surface area contributed by atoms with Crippen molar-refractivity contribution in [3.05, 3.63) is 59.7 Å². The Morgan fingerprint density at radius 3 is 2.37 bits per heavy atom. The van der Waals surface area contributed by atoms with E-state index < -0.39 is 23.8 Å². The number of nitrogens with zero attached hydrogens (tertiary/aromatic N) is 3. The molecule has 2 heterocycles. The van der Waals surface area contributed by atoms with Crippen molar-refractivity contribution in [2.75, 3.05) is 0 Å². The number of fused-ring (bicyclic) bond motifs is 1. The van der Waals surface area contributed by atoms with Gasteiger partial charge in [0.2, 0.25) is 5.91 Å². The zero-order valence-corrected chi connectivity index (χ0v) is 19.8. The van der Waals surface area contributed by atoms with Crippen LogP contribution in [0.1, 0.15) is 87.9 Å². The lowest BCUT2D eigenvalue weighted by Crippen LogP contribution is -2.44. The average molecular weight is 483 g/mol. The van der Waals surface area contributed by atoms with Gasteiger partial charge in [-0.05, 0) is 43.7 Å². The molecule has 0 saturated heterocycles. The average Bonchev–Trinajstić information content (AvgIpc) is 3.23. The van der Waals surface area contributed by atoms with Gasteiger partial charge in [-0.3, -0.25) is 9.78 Å². The van der Waals surface area contributed by atoms with Crippen LogP contribution in [0.5, 0.6) is 0 Å². The van der Waals surface area contributed by atoms with Crippen molar-refractivity contribution in [1.82, 2.24) is 19.9 Å². The van der Waals surface area contributed by atoms with E-state index in [4.69, 9.17) is 0 Å². The highest BCUT2D eigenvalue weighted by atomic mass is 19.2. The summed E-state index contributed by atoms with van der Waals surface area (Å²) in [6.07, 6.45) is 10.4. The van der Waals surface area contributed by atoms with Gasteiger partial charge in [0, 0.05) is 24.4 Å². The van der Waals surface area contributed by atoms with Crippen LogP contribution in [-0.4, -0.2) is 31.6 Å². The van der Waals surface area contributed by atoms with Crippen LogP contribution < -0.4 is 5.32 Å². The topological polar surface area (TPSA) is 80.0 Å². The molecule has 2 aromatic heterocycles. The van der Waals surface area contributed by atoms with Crippen molar-refractivity contribution in [2.24, 2.45) is 5.92 Å². The molecule has 3 aromatic rings. The minimum absolute atomic E-state index is 0.00698. The second-order valence-corrected chi connectivity index (χ2v) is 9.94. The van der Waals surface area contributed by atoms with Gasteiger partial charge >= 0.3 is 0 Å². The van der Waals surface area contributed by atoms with Gasteiger partial charge in [0.15, 0.2) is 17.7 Å². The molecule has 2 N–H and O–H groups in total. The van der Waals surface area contributed by atoms with Gasteiger partial charge in [-0.15, -0.1) is 0 Å². The molecule has 2 fully saturated rings. The highest BCUT2D eigenvalue weighted by Gasteiger charge is 2.37. The number of carbonyl (C=O) groups excluding carboxylic acids is 1. The molecule has 2 aliphatic rings. The van der Waals surface area contributed by atoms with E-state index in [1.165, 1.54) is 6.42 Å². The summed E-state index contributed by atoms with van der Waals surface area (Å²) >= 11 is 0. The lowest BCUT2D eigenvalue weighted by molar-refractivity contribution is -0.127. The summed E-state index contributed by atoms with van der Waals surface area (Å²) in [6.45, 7) is 0. The molecule has 5 rings (SSSR count). The summed E-state index contributed by atoms with van der Waals surface area (Å²) in [6, 6.07) is 6.73. The third-order valence-electron chi connectivity index (χ3n) is 7.57. The molecule has 8 heteroatoms. The molecule has 186 valence electrons. The monoisotopic (exact) mass is 482 g/mol. The molecule has 2 aliphatic carbocycles. The third kappa shape index (κ3) is 4.94. The summed E-state index contributed by atoms with van der Waals surface area (Å²) in [5.74, 6) is -1.97. The second-order valence-electron chi connectivity index (χ2n) is 9.94. The molecular formula is C27H32F2N4O2. The SMILES string of the molecule is O=C(NC1CCCCC1)C(C1CCCCC1)n1c(C(O)c2ccccn2)nc2cc(F)c(F)cc21. The molecule has 1 amide bonds. The Kier molecular flexibility index (Phi) is 7.09. The second kappa shape index (κ2) is 10.4. The lowest BCUT2D eigenvalue weighted by atomic mass is 9.82. The predicted molar refractivity (Wildman–Crippen MR) is 129 cm³/mol.